The van der Waals surface area contributed by atoms with Gasteiger partial charge in [0.25, 0.3) is 5.91 Å². The molecule has 1 fully saturated rings. The topological polar surface area (TPSA) is 81.9 Å². The van der Waals surface area contributed by atoms with E-state index in [1.807, 2.05) is 6.07 Å². The molecule has 1 atom stereocenters. The number of morpholine rings is 1. The Morgan fingerprint density at radius 3 is 2.76 bits per heavy atom. The van der Waals surface area contributed by atoms with Crippen LogP contribution in [0.25, 0.3) is 0 Å². The maximum absolute atomic E-state index is 12.0. The zero-order valence-electron chi connectivity index (χ0n) is 12.1. The lowest BCUT2D eigenvalue weighted by molar-refractivity contribution is -0.154. The molecule has 0 aromatic heterocycles. The molecular formula is C15H20N2O4. The molecule has 1 amide bonds. The lowest BCUT2D eigenvalue weighted by Gasteiger charge is -2.26. The fourth-order valence-electron chi connectivity index (χ4n) is 2.13. The van der Waals surface area contributed by atoms with Gasteiger partial charge >= 0.3 is 5.97 Å². The number of amides is 1. The zero-order valence-corrected chi connectivity index (χ0v) is 12.1. The van der Waals surface area contributed by atoms with Gasteiger partial charge in [-0.3, -0.25) is 9.59 Å². The Morgan fingerprint density at radius 2 is 2.10 bits per heavy atom. The highest BCUT2D eigenvalue weighted by Crippen LogP contribution is 2.19. The fraction of sp³-hybridized carbons (Fsp3) is 0.467. The molecular weight excluding hydrogens is 272 g/mol. The molecule has 0 spiro atoms. The standard InChI is InChI=1S/C15H20N2O4/c1-11(12-3-2-4-13(16)9-12)15(19)21-10-14(18)17-5-7-20-8-6-17/h2-4,9,11H,5-8,10,16H2,1H3. The van der Waals surface area contributed by atoms with Gasteiger partial charge in [0.15, 0.2) is 6.61 Å². The van der Waals surface area contributed by atoms with E-state index in [2.05, 4.69) is 0 Å². The smallest absolute Gasteiger partial charge is 0.313 e. The van der Waals surface area contributed by atoms with Gasteiger partial charge in [-0.25, -0.2) is 0 Å². The first-order valence-electron chi connectivity index (χ1n) is 6.95. The summed E-state index contributed by atoms with van der Waals surface area (Å²) in [5.41, 5.74) is 7.06. The van der Waals surface area contributed by atoms with Crippen molar-refractivity contribution in [1.29, 1.82) is 0 Å². The molecule has 1 aliphatic heterocycles. The quantitative estimate of drug-likeness (QED) is 0.655. The summed E-state index contributed by atoms with van der Waals surface area (Å²) in [5.74, 6) is -1.07. The molecule has 2 N–H and O–H groups in total. The molecule has 6 heteroatoms. The van der Waals surface area contributed by atoms with Crippen LogP contribution in [0.3, 0.4) is 0 Å². The molecule has 0 aliphatic carbocycles. The van der Waals surface area contributed by atoms with E-state index in [-0.39, 0.29) is 12.5 Å². The number of rotatable bonds is 4. The molecule has 21 heavy (non-hydrogen) atoms. The maximum Gasteiger partial charge on any atom is 0.313 e. The van der Waals surface area contributed by atoms with E-state index < -0.39 is 11.9 Å². The highest BCUT2D eigenvalue weighted by molar-refractivity contribution is 5.83. The summed E-state index contributed by atoms with van der Waals surface area (Å²) in [5, 5.41) is 0. The maximum atomic E-state index is 12.0. The Bertz CT molecular complexity index is 512. The Kier molecular flexibility index (Phi) is 5.16. The van der Waals surface area contributed by atoms with Crippen molar-refractivity contribution < 1.29 is 19.1 Å². The lowest BCUT2D eigenvalue weighted by Crippen LogP contribution is -2.42. The van der Waals surface area contributed by atoms with Gasteiger partial charge in [-0.2, -0.15) is 0 Å². The summed E-state index contributed by atoms with van der Waals surface area (Å²) in [6, 6.07) is 7.08. The van der Waals surface area contributed by atoms with Crippen molar-refractivity contribution >= 4 is 17.6 Å². The van der Waals surface area contributed by atoms with Crippen LogP contribution >= 0.6 is 0 Å². The first-order chi connectivity index (χ1) is 10.1. The molecule has 2 rings (SSSR count). The number of anilines is 1. The average Bonchev–Trinajstić information content (AvgIpc) is 2.52. The predicted molar refractivity (Wildman–Crippen MR) is 77.6 cm³/mol. The predicted octanol–water partition coefficient (Wildman–Crippen LogP) is 0.774. The number of nitrogen functional groups attached to an aromatic ring is 1. The van der Waals surface area contributed by atoms with Crippen LogP contribution in [0.2, 0.25) is 0 Å². The van der Waals surface area contributed by atoms with Crippen molar-refractivity contribution in [3.8, 4) is 0 Å². The van der Waals surface area contributed by atoms with E-state index in [0.717, 1.165) is 5.56 Å². The Labute approximate surface area is 123 Å². The number of nitrogens with two attached hydrogens (primary N) is 1. The Balaban J connectivity index is 1.84. The van der Waals surface area contributed by atoms with E-state index in [1.165, 1.54) is 0 Å². The molecule has 1 aromatic carbocycles. The lowest BCUT2D eigenvalue weighted by atomic mass is 10.0. The van der Waals surface area contributed by atoms with Crippen LogP contribution in [-0.2, 0) is 19.1 Å². The molecule has 1 heterocycles. The number of hydrogen-bond acceptors (Lipinski definition) is 5. The second-order valence-electron chi connectivity index (χ2n) is 4.99. The van der Waals surface area contributed by atoms with Gasteiger partial charge in [-0.15, -0.1) is 0 Å². The second-order valence-corrected chi connectivity index (χ2v) is 4.99. The highest BCUT2D eigenvalue weighted by atomic mass is 16.5. The summed E-state index contributed by atoms with van der Waals surface area (Å²) >= 11 is 0. The van der Waals surface area contributed by atoms with Crippen LogP contribution in [0.4, 0.5) is 5.69 Å². The minimum absolute atomic E-state index is 0.188. The number of ether oxygens (including phenoxy) is 2. The highest BCUT2D eigenvalue weighted by Gasteiger charge is 2.21. The molecule has 0 radical (unpaired) electrons. The summed E-state index contributed by atoms with van der Waals surface area (Å²) in [6.45, 7) is 3.64. The first kappa shape index (κ1) is 15.3. The molecule has 0 bridgehead atoms. The molecule has 0 saturated carbocycles. The van der Waals surface area contributed by atoms with Crippen LogP contribution < -0.4 is 5.73 Å². The number of nitrogens with zero attached hydrogens (tertiary/aromatic N) is 1. The van der Waals surface area contributed by atoms with Crippen LogP contribution in [0, 0.1) is 0 Å². The van der Waals surface area contributed by atoms with Crippen molar-refractivity contribution in [1.82, 2.24) is 4.90 Å². The third-order valence-electron chi connectivity index (χ3n) is 3.47. The van der Waals surface area contributed by atoms with Gasteiger partial charge in [0.05, 0.1) is 19.1 Å². The summed E-state index contributed by atoms with van der Waals surface area (Å²) in [6.07, 6.45) is 0. The van der Waals surface area contributed by atoms with Gasteiger partial charge in [-0.1, -0.05) is 12.1 Å². The zero-order chi connectivity index (χ0) is 15.2. The molecule has 1 saturated heterocycles. The van der Waals surface area contributed by atoms with Crippen LogP contribution in [0.15, 0.2) is 24.3 Å². The number of carbonyl (C=O) groups excluding carboxylic acids is 2. The van der Waals surface area contributed by atoms with Crippen molar-refractivity contribution in [2.45, 2.75) is 12.8 Å². The summed E-state index contributed by atoms with van der Waals surface area (Å²) in [7, 11) is 0. The summed E-state index contributed by atoms with van der Waals surface area (Å²) in [4.78, 5) is 25.5. The summed E-state index contributed by atoms with van der Waals surface area (Å²) < 4.78 is 10.3. The molecule has 1 aliphatic rings. The van der Waals surface area contributed by atoms with Crippen LogP contribution in [-0.4, -0.2) is 49.7 Å². The van der Waals surface area contributed by atoms with E-state index in [1.54, 1.807) is 30.0 Å². The molecule has 1 unspecified atom stereocenters. The monoisotopic (exact) mass is 292 g/mol. The fourth-order valence-corrected chi connectivity index (χ4v) is 2.13. The molecule has 1 aromatic rings. The van der Waals surface area contributed by atoms with Crippen LogP contribution in [0.1, 0.15) is 18.4 Å². The minimum atomic E-state index is -0.453. The number of esters is 1. The van der Waals surface area contributed by atoms with E-state index in [9.17, 15) is 9.59 Å². The van der Waals surface area contributed by atoms with Crippen molar-refractivity contribution in [3.63, 3.8) is 0 Å². The van der Waals surface area contributed by atoms with E-state index in [0.29, 0.717) is 32.0 Å². The Hall–Kier alpha value is -2.08. The van der Waals surface area contributed by atoms with Gasteiger partial charge in [0, 0.05) is 18.8 Å². The van der Waals surface area contributed by atoms with Gasteiger partial charge in [0.2, 0.25) is 0 Å². The minimum Gasteiger partial charge on any atom is -0.455 e. The van der Waals surface area contributed by atoms with Crippen molar-refractivity contribution in [2.24, 2.45) is 0 Å². The van der Waals surface area contributed by atoms with Crippen molar-refractivity contribution in [3.05, 3.63) is 29.8 Å². The van der Waals surface area contributed by atoms with Gasteiger partial charge < -0.3 is 20.1 Å². The van der Waals surface area contributed by atoms with Crippen LogP contribution in [0.5, 0.6) is 0 Å². The first-order valence-corrected chi connectivity index (χ1v) is 6.95. The molecule has 114 valence electrons. The number of hydrogen-bond donors (Lipinski definition) is 1. The largest absolute Gasteiger partial charge is 0.455 e. The van der Waals surface area contributed by atoms with E-state index >= 15 is 0 Å². The normalized spacial score (nSPS) is 16.3. The SMILES string of the molecule is CC(C(=O)OCC(=O)N1CCOCC1)c1cccc(N)c1. The van der Waals surface area contributed by atoms with E-state index in [4.69, 9.17) is 15.2 Å². The second kappa shape index (κ2) is 7.08. The van der Waals surface area contributed by atoms with Gasteiger partial charge in [-0.05, 0) is 24.6 Å². The molecule has 6 nitrogen and oxygen atoms in total. The average molecular weight is 292 g/mol. The third kappa shape index (κ3) is 4.19. The third-order valence-corrected chi connectivity index (χ3v) is 3.47. The number of benzene rings is 1. The number of carbonyl (C=O) groups is 2. The Morgan fingerprint density at radius 1 is 1.38 bits per heavy atom. The van der Waals surface area contributed by atoms with Gasteiger partial charge in [0.1, 0.15) is 0 Å². The van der Waals surface area contributed by atoms with Crippen molar-refractivity contribution in [2.75, 3.05) is 38.6 Å².